The zero-order chi connectivity index (χ0) is 20.6. The number of nitriles is 1. The molecule has 0 saturated heterocycles. The summed E-state index contributed by atoms with van der Waals surface area (Å²) in [5, 5.41) is 8.46. The van der Waals surface area contributed by atoms with E-state index in [9.17, 15) is 0 Å². The van der Waals surface area contributed by atoms with E-state index in [0.717, 1.165) is 18.3 Å². The molecule has 1 aromatic carbocycles. The van der Waals surface area contributed by atoms with E-state index < -0.39 is 0 Å². The molecule has 0 bridgehead atoms. The summed E-state index contributed by atoms with van der Waals surface area (Å²) in [7, 11) is 0. The van der Waals surface area contributed by atoms with Crippen LogP contribution in [0.25, 0.3) is 0 Å². The van der Waals surface area contributed by atoms with Crippen molar-refractivity contribution in [2.45, 2.75) is 96.8 Å². The lowest BCUT2D eigenvalue weighted by atomic mass is 9.78. The van der Waals surface area contributed by atoms with Gasteiger partial charge in [0.2, 0.25) is 0 Å². The van der Waals surface area contributed by atoms with Gasteiger partial charge in [0.15, 0.2) is 0 Å². The zero-order valence-electron chi connectivity index (χ0n) is 18.6. The summed E-state index contributed by atoms with van der Waals surface area (Å²) < 4.78 is 0. The van der Waals surface area contributed by atoms with E-state index in [1.54, 1.807) is 0 Å². The Labute approximate surface area is 179 Å². The third-order valence-electron chi connectivity index (χ3n) is 6.55. The molecule has 0 unspecified atom stereocenters. The van der Waals surface area contributed by atoms with Gasteiger partial charge in [0, 0.05) is 6.08 Å². The normalized spacial score (nSPS) is 19.7. The van der Waals surface area contributed by atoms with Crippen LogP contribution in [-0.2, 0) is 12.8 Å². The predicted octanol–water partition coefficient (Wildman–Crippen LogP) is 8.35. The highest BCUT2D eigenvalue weighted by Gasteiger charge is 2.20. The quantitative estimate of drug-likeness (QED) is 0.188. The smallest absolute Gasteiger partial charge is 0.0912 e. The van der Waals surface area contributed by atoms with Gasteiger partial charge >= 0.3 is 0 Å². The van der Waals surface area contributed by atoms with Crippen LogP contribution in [0.15, 0.2) is 48.6 Å². The van der Waals surface area contributed by atoms with Crippen molar-refractivity contribution >= 4 is 0 Å². The van der Waals surface area contributed by atoms with Crippen LogP contribution in [0.2, 0.25) is 0 Å². The minimum atomic E-state index is 0.923. The summed E-state index contributed by atoms with van der Waals surface area (Å²) in [6, 6.07) is 11.4. The second-order valence-electron chi connectivity index (χ2n) is 8.90. The van der Waals surface area contributed by atoms with E-state index in [1.807, 2.05) is 18.2 Å². The Morgan fingerprint density at radius 1 is 0.828 bits per heavy atom. The molecule has 29 heavy (non-hydrogen) atoms. The van der Waals surface area contributed by atoms with Crippen molar-refractivity contribution in [3.63, 3.8) is 0 Å². The predicted molar refractivity (Wildman–Crippen MR) is 126 cm³/mol. The molecule has 0 atom stereocenters. The van der Waals surface area contributed by atoms with E-state index in [2.05, 4.69) is 37.3 Å². The summed E-state index contributed by atoms with van der Waals surface area (Å²) in [4.78, 5) is 0. The molecule has 2 rings (SSSR count). The number of aryl methyl sites for hydroxylation is 2. The van der Waals surface area contributed by atoms with E-state index in [-0.39, 0.29) is 0 Å². The fourth-order valence-electron chi connectivity index (χ4n) is 4.63. The molecule has 1 aromatic rings. The molecule has 0 spiro atoms. The summed E-state index contributed by atoms with van der Waals surface area (Å²) in [5.41, 5.74) is 3.03. The topological polar surface area (TPSA) is 23.8 Å². The zero-order valence-corrected chi connectivity index (χ0v) is 18.6. The van der Waals surface area contributed by atoms with Gasteiger partial charge in [-0.1, -0.05) is 101 Å². The molecule has 1 heteroatoms. The summed E-state index contributed by atoms with van der Waals surface area (Å²) >= 11 is 0. The molecule has 0 heterocycles. The number of hydrogen-bond acceptors (Lipinski definition) is 1. The number of benzene rings is 1. The lowest BCUT2D eigenvalue weighted by Crippen LogP contribution is -2.14. The molecule has 0 aromatic heterocycles. The van der Waals surface area contributed by atoms with E-state index >= 15 is 0 Å². The standard InChI is InChI=1S/C28H41N/c1-2-3-7-12-25-16-20-27(21-17-25)14-9-10-15-28-22-18-26(19-23-28)13-8-5-4-6-11-24-29/h4-6,11,16-17,20-21,26,28H,2-3,7-10,12-15,18-19,22-23H2,1H3/t26-,28-. The van der Waals surface area contributed by atoms with Crippen molar-refractivity contribution in [3.8, 4) is 6.07 Å². The van der Waals surface area contributed by atoms with Crippen molar-refractivity contribution in [2.24, 2.45) is 11.8 Å². The Morgan fingerprint density at radius 3 is 2.00 bits per heavy atom. The minimum Gasteiger partial charge on any atom is -0.193 e. The monoisotopic (exact) mass is 391 g/mol. The van der Waals surface area contributed by atoms with Gasteiger partial charge in [-0.2, -0.15) is 5.26 Å². The van der Waals surface area contributed by atoms with Crippen molar-refractivity contribution in [1.29, 1.82) is 5.26 Å². The van der Waals surface area contributed by atoms with Crippen molar-refractivity contribution in [2.75, 3.05) is 0 Å². The maximum Gasteiger partial charge on any atom is 0.0912 e. The molecular formula is C28H41N. The van der Waals surface area contributed by atoms with Gasteiger partial charge in [-0.15, -0.1) is 0 Å². The summed E-state index contributed by atoms with van der Waals surface area (Å²) in [5.74, 6) is 1.90. The van der Waals surface area contributed by atoms with Crippen LogP contribution < -0.4 is 0 Å². The first-order valence-corrected chi connectivity index (χ1v) is 12.1. The lowest BCUT2D eigenvalue weighted by Gasteiger charge is -2.28. The van der Waals surface area contributed by atoms with Gasteiger partial charge < -0.3 is 0 Å². The van der Waals surface area contributed by atoms with Gasteiger partial charge in [-0.05, 0) is 61.5 Å². The van der Waals surface area contributed by atoms with Crippen LogP contribution in [-0.4, -0.2) is 0 Å². The van der Waals surface area contributed by atoms with Crippen LogP contribution in [0.5, 0.6) is 0 Å². The van der Waals surface area contributed by atoms with E-state index in [0.29, 0.717) is 0 Å². The Morgan fingerprint density at radius 2 is 1.41 bits per heavy atom. The minimum absolute atomic E-state index is 0.923. The Hall–Kier alpha value is -1.81. The third kappa shape index (κ3) is 10.5. The fourth-order valence-corrected chi connectivity index (χ4v) is 4.63. The fraction of sp³-hybridized carbons (Fsp3) is 0.607. The first-order valence-electron chi connectivity index (χ1n) is 12.1. The molecule has 1 aliphatic rings. The number of nitrogens with zero attached hydrogens (tertiary/aromatic N) is 1. The Kier molecular flexibility index (Phi) is 12.2. The van der Waals surface area contributed by atoms with Gasteiger partial charge in [-0.3, -0.25) is 0 Å². The second-order valence-corrected chi connectivity index (χ2v) is 8.90. The van der Waals surface area contributed by atoms with Crippen molar-refractivity contribution < 1.29 is 0 Å². The van der Waals surface area contributed by atoms with Crippen molar-refractivity contribution in [3.05, 3.63) is 59.7 Å². The first-order chi connectivity index (χ1) is 14.3. The summed E-state index contributed by atoms with van der Waals surface area (Å²) in [6.45, 7) is 2.27. The number of hydrogen-bond donors (Lipinski definition) is 0. The average molecular weight is 392 g/mol. The molecule has 1 aliphatic carbocycles. The van der Waals surface area contributed by atoms with E-state index in [4.69, 9.17) is 5.26 Å². The van der Waals surface area contributed by atoms with Crippen LogP contribution in [0.3, 0.4) is 0 Å². The molecular weight excluding hydrogens is 350 g/mol. The van der Waals surface area contributed by atoms with Crippen LogP contribution in [0.1, 0.15) is 95.1 Å². The van der Waals surface area contributed by atoms with Crippen LogP contribution in [0.4, 0.5) is 0 Å². The maximum absolute atomic E-state index is 8.46. The molecule has 0 radical (unpaired) electrons. The molecule has 1 nitrogen and oxygen atoms in total. The number of unbranched alkanes of at least 4 members (excludes halogenated alkanes) is 3. The summed E-state index contributed by atoms with van der Waals surface area (Å²) in [6.07, 6.45) is 26.4. The highest BCUT2D eigenvalue weighted by atomic mass is 14.3. The molecule has 0 N–H and O–H groups in total. The SMILES string of the molecule is CCCCCc1ccc(CCCC[C@H]2CC[C@H](CCC=CC=CC#N)CC2)cc1. The molecule has 1 fully saturated rings. The maximum atomic E-state index is 8.46. The largest absolute Gasteiger partial charge is 0.193 e. The highest BCUT2D eigenvalue weighted by molar-refractivity contribution is 5.22. The second kappa shape index (κ2) is 15.1. The first kappa shape index (κ1) is 23.5. The Balaban J connectivity index is 1.52. The van der Waals surface area contributed by atoms with Crippen molar-refractivity contribution in [1.82, 2.24) is 0 Å². The lowest BCUT2D eigenvalue weighted by molar-refractivity contribution is 0.250. The van der Waals surface area contributed by atoms with Crippen LogP contribution >= 0.6 is 0 Å². The van der Waals surface area contributed by atoms with Gasteiger partial charge in [0.05, 0.1) is 6.07 Å². The molecule has 158 valence electrons. The molecule has 0 aliphatic heterocycles. The number of rotatable bonds is 13. The third-order valence-corrected chi connectivity index (χ3v) is 6.55. The van der Waals surface area contributed by atoms with E-state index in [1.165, 1.54) is 101 Å². The molecule has 1 saturated carbocycles. The Bertz CT molecular complexity index is 623. The van der Waals surface area contributed by atoms with Gasteiger partial charge in [-0.25, -0.2) is 0 Å². The van der Waals surface area contributed by atoms with Crippen LogP contribution in [0, 0.1) is 23.2 Å². The highest BCUT2D eigenvalue weighted by Crippen LogP contribution is 2.34. The van der Waals surface area contributed by atoms with Gasteiger partial charge in [0.1, 0.15) is 0 Å². The molecule has 0 amide bonds. The number of allylic oxidation sites excluding steroid dienone is 4. The average Bonchev–Trinajstić information content (AvgIpc) is 2.76. The van der Waals surface area contributed by atoms with Gasteiger partial charge in [0.25, 0.3) is 0 Å².